The first-order chi connectivity index (χ1) is 16.1. The summed E-state index contributed by atoms with van der Waals surface area (Å²) < 4.78 is 23.6. The molecule has 2 unspecified atom stereocenters. The van der Waals surface area contributed by atoms with E-state index in [1.165, 1.54) is 23.7 Å². The van der Waals surface area contributed by atoms with Gasteiger partial charge in [-0.15, -0.1) is 0 Å². The molecular weight excluding hydrogens is 449 g/mol. The third-order valence-electron chi connectivity index (χ3n) is 7.03. The lowest BCUT2D eigenvalue weighted by Gasteiger charge is -2.39. The summed E-state index contributed by atoms with van der Waals surface area (Å²) in [7, 11) is 0. The Bertz CT molecular complexity index is 1220. The van der Waals surface area contributed by atoms with Crippen LogP contribution < -0.4 is 4.74 Å². The van der Waals surface area contributed by atoms with Crippen molar-refractivity contribution in [3.8, 4) is 10.9 Å². The number of carbonyl (C=O) groups excluding carboxylic acids is 1. The number of nitrogens with zero attached hydrogens (tertiary/aromatic N) is 3. The van der Waals surface area contributed by atoms with E-state index in [-0.39, 0.29) is 22.6 Å². The number of benzene rings is 2. The molecule has 1 saturated heterocycles. The summed E-state index contributed by atoms with van der Waals surface area (Å²) in [5.74, 6) is 1.05. The predicted octanol–water partition coefficient (Wildman–Crippen LogP) is 6.41. The van der Waals surface area contributed by atoms with E-state index in [1.807, 2.05) is 25.1 Å². The van der Waals surface area contributed by atoms with Crippen LogP contribution in [0.1, 0.15) is 67.3 Å². The summed E-state index contributed by atoms with van der Waals surface area (Å²) >= 11 is 1.17. The van der Waals surface area contributed by atoms with Gasteiger partial charge in [0, 0.05) is 36.1 Å². The molecule has 1 saturated carbocycles. The second-order valence-corrected chi connectivity index (χ2v) is 11.7. The Morgan fingerprint density at radius 3 is 2.71 bits per heavy atom. The number of hydrogen-bond acceptors (Lipinski definition) is 5. The molecule has 2 aliphatic rings. The van der Waals surface area contributed by atoms with E-state index in [1.54, 1.807) is 12.1 Å². The van der Waals surface area contributed by atoms with Crippen LogP contribution in [0, 0.1) is 23.6 Å². The molecule has 5 rings (SSSR count). The number of aryl methyl sites for hydroxylation is 1. The average molecular weight is 480 g/mol. The molecule has 0 radical (unpaired) electrons. The lowest BCUT2D eigenvalue weighted by Crippen LogP contribution is -2.37. The van der Waals surface area contributed by atoms with Gasteiger partial charge in [0.25, 0.3) is 11.1 Å². The first-order valence-electron chi connectivity index (χ1n) is 11.8. The van der Waals surface area contributed by atoms with Crippen molar-refractivity contribution in [2.75, 3.05) is 6.54 Å². The number of ether oxygens (including phenoxy) is 1. The van der Waals surface area contributed by atoms with Crippen molar-refractivity contribution < 1.29 is 13.9 Å². The van der Waals surface area contributed by atoms with E-state index in [2.05, 4.69) is 35.0 Å². The molecule has 2 bridgehead atoms. The third-order valence-corrected chi connectivity index (χ3v) is 7.67. The van der Waals surface area contributed by atoms with Crippen LogP contribution in [-0.2, 0) is 6.42 Å². The number of rotatable bonds is 5. The van der Waals surface area contributed by atoms with Crippen molar-refractivity contribution in [2.24, 2.45) is 10.8 Å². The van der Waals surface area contributed by atoms with Gasteiger partial charge in [-0.05, 0) is 72.4 Å². The quantitative estimate of drug-likeness (QED) is 0.424. The number of likely N-dealkylation sites (tertiary alicyclic amines) is 1. The lowest BCUT2D eigenvalue weighted by molar-refractivity contribution is 0.0708. The van der Waals surface area contributed by atoms with Gasteiger partial charge in [-0.25, -0.2) is 4.39 Å². The standard InChI is InChI=1S/C27H30FN3O2S/c1-17-5-8-19(24(32)31-16-27(4)14-21(31)13-26(2,3)15-27)12-22(17)33-25-29-23(30-34-25)11-18-6-9-20(28)10-7-18/h5-10,12,21H,11,13-16H2,1-4H3. The maximum absolute atomic E-state index is 13.5. The van der Waals surface area contributed by atoms with E-state index in [9.17, 15) is 9.18 Å². The summed E-state index contributed by atoms with van der Waals surface area (Å²) in [5, 5.41) is 0.427. The van der Waals surface area contributed by atoms with Crippen molar-refractivity contribution in [3.63, 3.8) is 0 Å². The van der Waals surface area contributed by atoms with E-state index in [0.717, 1.165) is 36.9 Å². The molecule has 3 aromatic rings. The fourth-order valence-corrected chi connectivity index (χ4v) is 6.50. The molecule has 0 spiro atoms. The molecular formula is C27H30FN3O2S. The largest absolute Gasteiger partial charge is 0.430 e. The topological polar surface area (TPSA) is 55.3 Å². The molecule has 1 aliphatic heterocycles. The minimum atomic E-state index is -0.265. The van der Waals surface area contributed by atoms with E-state index in [4.69, 9.17) is 4.74 Å². The van der Waals surface area contributed by atoms with Crippen LogP contribution in [0.2, 0.25) is 0 Å². The number of fused-ring (bicyclic) bond motifs is 2. The normalized spacial score (nSPS) is 23.2. The summed E-state index contributed by atoms with van der Waals surface area (Å²) in [6, 6.07) is 12.3. The molecule has 178 valence electrons. The summed E-state index contributed by atoms with van der Waals surface area (Å²) in [4.78, 5) is 20.1. The second kappa shape index (κ2) is 8.45. The lowest BCUT2D eigenvalue weighted by atomic mass is 9.65. The second-order valence-electron chi connectivity index (χ2n) is 11.0. The van der Waals surface area contributed by atoms with Crippen molar-refractivity contribution in [3.05, 3.63) is 70.8 Å². The first kappa shape index (κ1) is 23.0. The van der Waals surface area contributed by atoms with Gasteiger partial charge >= 0.3 is 0 Å². The highest BCUT2D eigenvalue weighted by molar-refractivity contribution is 7.07. The van der Waals surface area contributed by atoms with E-state index < -0.39 is 0 Å². The smallest absolute Gasteiger partial charge is 0.298 e. The van der Waals surface area contributed by atoms with Crippen LogP contribution in [0.5, 0.6) is 10.9 Å². The molecule has 1 aliphatic carbocycles. The zero-order valence-electron chi connectivity index (χ0n) is 20.1. The van der Waals surface area contributed by atoms with Crippen molar-refractivity contribution in [1.29, 1.82) is 0 Å². The van der Waals surface area contributed by atoms with Crippen LogP contribution in [0.15, 0.2) is 42.5 Å². The van der Waals surface area contributed by atoms with Crippen LogP contribution in [0.25, 0.3) is 0 Å². The minimum Gasteiger partial charge on any atom is -0.430 e. The zero-order chi connectivity index (χ0) is 24.1. The van der Waals surface area contributed by atoms with E-state index in [0.29, 0.717) is 34.8 Å². The van der Waals surface area contributed by atoms with Gasteiger partial charge < -0.3 is 9.64 Å². The summed E-state index contributed by atoms with van der Waals surface area (Å²) in [6.07, 6.45) is 3.78. The SMILES string of the molecule is Cc1ccc(C(=O)N2CC3(C)CC2CC(C)(C)C3)cc1Oc1nc(Cc2ccc(F)cc2)ns1. The van der Waals surface area contributed by atoms with Gasteiger partial charge in [0.05, 0.1) is 0 Å². The highest BCUT2D eigenvalue weighted by atomic mass is 32.1. The van der Waals surface area contributed by atoms with Crippen LogP contribution in [0.3, 0.4) is 0 Å². The Balaban J connectivity index is 1.31. The average Bonchev–Trinajstić information content (AvgIpc) is 3.30. The fraction of sp³-hybridized carbons (Fsp3) is 0.444. The van der Waals surface area contributed by atoms with Gasteiger partial charge in [-0.2, -0.15) is 9.36 Å². The fourth-order valence-electron chi connectivity index (χ4n) is 5.94. The van der Waals surface area contributed by atoms with Crippen LogP contribution >= 0.6 is 11.5 Å². The third kappa shape index (κ3) is 4.71. The maximum Gasteiger partial charge on any atom is 0.298 e. The molecule has 2 heterocycles. The highest BCUT2D eigenvalue weighted by Crippen LogP contribution is 2.52. The Morgan fingerprint density at radius 1 is 1.18 bits per heavy atom. The van der Waals surface area contributed by atoms with Gasteiger partial charge in [0.2, 0.25) is 0 Å². The van der Waals surface area contributed by atoms with E-state index >= 15 is 0 Å². The Kier molecular flexibility index (Phi) is 5.71. The number of hydrogen-bond donors (Lipinski definition) is 0. The van der Waals surface area contributed by atoms with Gasteiger partial charge in [0.1, 0.15) is 11.6 Å². The molecule has 2 fully saturated rings. The van der Waals surface area contributed by atoms with Crippen LogP contribution in [0.4, 0.5) is 4.39 Å². The first-order valence-corrected chi connectivity index (χ1v) is 12.5. The number of halogens is 1. The predicted molar refractivity (Wildman–Crippen MR) is 131 cm³/mol. The summed E-state index contributed by atoms with van der Waals surface area (Å²) in [5.41, 5.74) is 2.96. The molecule has 1 amide bonds. The van der Waals surface area contributed by atoms with Crippen molar-refractivity contribution >= 4 is 17.4 Å². The summed E-state index contributed by atoms with van der Waals surface area (Å²) in [6.45, 7) is 9.71. The number of amides is 1. The number of aromatic nitrogens is 2. The molecule has 34 heavy (non-hydrogen) atoms. The minimum absolute atomic E-state index is 0.0746. The highest BCUT2D eigenvalue weighted by Gasteiger charge is 2.51. The van der Waals surface area contributed by atoms with Crippen molar-refractivity contribution in [2.45, 2.75) is 59.4 Å². The number of carbonyl (C=O) groups is 1. The monoisotopic (exact) mass is 479 g/mol. The Morgan fingerprint density at radius 2 is 1.94 bits per heavy atom. The van der Waals surface area contributed by atoms with Crippen LogP contribution in [-0.4, -0.2) is 32.8 Å². The Labute approximate surface area is 204 Å². The Hall–Kier alpha value is -2.80. The maximum atomic E-state index is 13.5. The molecule has 5 nitrogen and oxygen atoms in total. The molecule has 7 heteroatoms. The molecule has 2 atom stereocenters. The molecule has 1 aromatic heterocycles. The van der Waals surface area contributed by atoms with Gasteiger partial charge in [0.15, 0.2) is 5.82 Å². The van der Waals surface area contributed by atoms with Gasteiger partial charge in [-0.1, -0.05) is 39.0 Å². The van der Waals surface area contributed by atoms with Crippen molar-refractivity contribution in [1.82, 2.24) is 14.3 Å². The van der Waals surface area contributed by atoms with Gasteiger partial charge in [-0.3, -0.25) is 4.79 Å². The molecule has 0 N–H and O–H groups in total. The zero-order valence-corrected chi connectivity index (χ0v) is 20.9. The molecule has 2 aromatic carbocycles.